The zero-order chi connectivity index (χ0) is 20.4. The number of nitrogen functional groups attached to an aromatic ring is 1. The third kappa shape index (κ3) is 3.37. The molecule has 0 unspecified atom stereocenters. The molecule has 4 N–H and O–H groups in total. The Bertz CT molecular complexity index is 1310. The van der Waals surface area contributed by atoms with Crippen molar-refractivity contribution >= 4 is 22.7 Å². The number of rotatable bonds is 4. The molecule has 0 aliphatic heterocycles. The molecule has 4 aromatic rings. The lowest BCUT2D eigenvalue weighted by molar-refractivity contribution is 0.636. The Morgan fingerprint density at radius 2 is 1.97 bits per heavy atom. The first-order valence-corrected chi connectivity index (χ1v) is 8.73. The summed E-state index contributed by atoms with van der Waals surface area (Å²) in [6.45, 7) is 0.0527. The Morgan fingerprint density at radius 1 is 1.17 bits per heavy atom. The van der Waals surface area contributed by atoms with E-state index in [1.54, 1.807) is 6.07 Å². The van der Waals surface area contributed by atoms with Crippen LogP contribution in [0.4, 0.5) is 16.2 Å². The second-order valence-electron chi connectivity index (χ2n) is 6.29. The SMILES string of the molecule is N#Cc1cnc(N)nc1NCc1c(-c2ccccc2)[nH]c2c(F)cccc2c1=O. The van der Waals surface area contributed by atoms with Crippen LogP contribution in [-0.4, -0.2) is 15.0 Å². The Balaban J connectivity index is 1.87. The third-order valence-corrected chi connectivity index (χ3v) is 4.51. The fourth-order valence-corrected chi connectivity index (χ4v) is 3.12. The maximum absolute atomic E-state index is 14.3. The molecule has 2 aromatic carbocycles. The molecule has 0 radical (unpaired) electrons. The van der Waals surface area contributed by atoms with Gasteiger partial charge in [-0.05, 0) is 17.7 Å². The molecule has 0 aliphatic rings. The lowest BCUT2D eigenvalue weighted by Crippen LogP contribution is -2.18. The summed E-state index contributed by atoms with van der Waals surface area (Å²) in [5.74, 6) is -0.284. The first-order valence-electron chi connectivity index (χ1n) is 8.73. The fraction of sp³-hybridized carbons (Fsp3) is 0.0476. The second-order valence-corrected chi connectivity index (χ2v) is 6.29. The summed E-state index contributed by atoms with van der Waals surface area (Å²) in [5.41, 5.74) is 7.24. The van der Waals surface area contributed by atoms with Gasteiger partial charge in [-0.1, -0.05) is 36.4 Å². The molecule has 0 amide bonds. The molecule has 7 nitrogen and oxygen atoms in total. The van der Waals surface area contributed by atoms with Gasteiger partial charge in [0.25, 0.3) is 0 Å². The van der Waals surface area contributed by atoms with Gasteiger partial charge in [-0.25, -0.2) is 9.37 Å². The number of hydrogen-bond acceptors (Lipinski definition) is 6. The van der Waals surface area contributed by atoms with Gasteiger partial charge in [0.2, 0.25) is 5.95 Å². The van der Waals surface area contributed by atoms with Crippen molar-refractivity contribution in [2.24, 2.45) is 0 Å². The highest BCUT2D eigenvalue weighted by atomic mass is 19.1. The van der Waals surface area contributed by atoms with Crippen LogP contribution in [0.5, 0.6) is 0 Å². The molecule has 29 heavy (non-hydrogen) atoms. The Hall–Kier alpha value is -4.25. The zero-order valence-corrected chi connectivity index (χ0v) is 15.1. The summed E-state index contributed by atoms with van der Waals surface area (Å²) < 4.78 is 14.3. The Labute approximate surface area is 164 Å². The van der Waals surface area contributed by atoms with Gasteiger partial charge in [-0.2, -0.15) is 10.2 Å². The van der Waals surface area contributed by atoms with E-state index in [4.69, 9.17) is 5.73 Å². The molecule has 0 atom stereocenters. The van der Waals surface area contributed by atoms with Crippen LogP contribution in [-0.2, 0) is 6.54 Å². The maximum atomic E-state index is 14.3. The average Bonchev–Trinajstić information content (AvgIpc) is 2.74. The van der Waals surface area contributed by atoms with Crippen molar-refractivity contribution in [3.05, 3.63) is 81.9 Å². The van der Waals surface area contributed by atoms with Crippen molar-refractivity contribution in [2.45, 2.75) is 6.54 Å². The molecular formula is C21H15FN6O. The van der Waals surface area contributed by atoms with Crippen molar-refractivity contribution in [3.8, 4) is 17.3 Å². The largest absolute Gasteiger partial charge is 0.368 e. The first kappa shape index (κ1) is 18.1. The smallest absolute Gasteiger partial charge is 0.222 e. The van der Waals surface area contributed by atoms with Crippen molar-refractivity contribution in [2.75, 3.05) is 11.1 Å². The number of nitriles is 1. The standard InChI is InChI=1S/C21H15FN6O/c22-16-8-4-7-14-18(16)27-17(12-5-2-1-3-6-12)15(19(14)29)11-25-20-13(9-23)10-26-21(24)28-20/h1-8,10H,11H2,(H,27,29)(H3,24,25,26,28). The highest BCUT2D eigenvalue weighted by Crippen LogP contribution is 2.24. The van der Waals surface area contributed by atoms with Gasteiger partial charge >= 0.3 is 0 Å². The van der Waals surface area contributed by atoms with Crippen LogP contribution in [0.2, 0.25) is 0 Å². The van der Waals surface area contributed by atoms with E-state index in [1.807, 2.05) is 36.4 Å². The predicted molar refractivity (Wildman–Crippen MR) is 108 cm³/mol. The van der Waals surface area contributed by atoms with E-state index in [0.717, 1.165) is 5.56 Å². The minimum Gasteiger partial charge on any atom is -0.368 e. The van der Waals surface area contributed by atoms with E-state index in [2.05, 4.69) is 20.3 Å². The van der Waals surface area contributed by atoms with Gasteiger partial charge in [0.15, 0.2) is 5.43 Å². The monoisotopic (exact) mass is 386 g/mol. The molecule has 142 valence electrons. The number of fused-ring (bicyclic) bond motifs is 1. The number of benzene rings is 2. The summed E-state index contributed by atoms with van der Waals surface area (Å²) in [5, 5.41) is 12.5. The van der Waals surface area contributed by atoms with Gasteiger partial charge in [0.05, 0.1) is 17.4 Å². The highest BCUT2D eigenvalue weighted by molar-refractivity contribution is 5.83. The predicted octanol–water partition coefficient (Wildman–Crippen LogP) is 3.19. The number of hydrogen-bond donors (Lipinski definition) is 3. The van der Waals surface area contributed by atoms with E-state index in [9.17, 15) is 14.4 Å². The van der Waals surface area contributed by atoms with Gasteiger partial charge in [-0.3, -0.25) is 4.79 Å². The maximum Gasteiger partial charge on any atom is 0.222 e. The van der Waals surface area contributed by atoms with E-state index >= 15 is 0 Å². The number of H-pyrrole nitrogens is 1. The minimum atomic E-state index is -0.508. The van der Waals surface area contributed by atoms with E-state index in [1.165, 1.54) is 18.3 Å². The number of nitrogens with one attached hydrogen (secondary N) is 2. The molecule has 0 saturated heterocycles. The van der Waals surface area contributed by atoms with E-state index < -0.39 is 5.82 Å². The molecular weight excluding hydrogens is 371 g/mol. The zero-order valence-electron chi connectivity index (χ0n) is 15.1. The summed E-state index contributed by atoms with van der Waals surface area (Å²) in [4.78, 5) is 24.0. The number of aromatic amines is 1. The number of pyridine rings is 1. The van der Waals surface area contributed by atoms with Crippen LogP contribution in [0.1, 0.15) is 11.1 Å². The molecule has 8 heteroatoms. The van der Waals surface area contributed by atoms with Crippen LogP contribution >= 0.6 is 0 Å². The normalized spacial score (nSPS) is 10.6. The van der Waals surface area contributed by atoms with Crippen LogP contribution in [0.3, 0.4) is 0 Å². The highest BCUT2D eigenvalue weighted by Gasteiger charge is 2.16. The second kappa shape index (κ2) is 7.40. The molecule has 0 saturated carbocycles. The van der Waals surface area contributed by atoms with Crippen molar-refractivity contribution in [1.29, 1.82) is 5.26 Å². The number of nitrogens with zero attached hydrogens (tertiary/aromatic N) is 3. The number of nitrogens with two attached hydrogens (primary N) is 1. The Kier molecular flexibility index (Phi) is 4.63. The molecule has 0 spiro atoms. The summed E-state index contributed by atoms with van der Waals surface area (Å²) in [6, 6.07) is 15.5. The lowest BCUT2D eigenvalue weighted by atomic mass is 10.0. The van der Waals surface area contributed by atoms with Crippen LogP contribution in [0, 0.1) is 17.1 Å². The fourth-order valence-electron chi connectivity index (χ4n) is 3.12. The minimum absolute atomic E-state index is 0.00396. The lowest BCUT2D eigenvalue weighted by Gasteiger charge is -2.14. The third-order valence-electron chi connectivity index (χ3n) is 4.51. The quantitative estimate of drug-likeness (QED) is 0.495. The topological polar surface area (TPSA) is 120 Å². The van der Waals surface area contributed by atoms with Crippen LogP contribution in [0.15, 0.2) is 59.5 Å². The van der Waals surface area contributed by atoms with E-state index in [0.29, 0.717) is 11.3 Å². The van der Waals surface area contributed by atoms with E-state index in [-0.39, 0.29) is 40.2 Å². The van der Waals surface area contributed by atoms with Crippen molar-refractivity contribution < 1.29 is 4.39 Å². The number of para-hydroxylation sites is 1. The van der Waals surface area contributed by atoms with Gasteiger partial charge in [-0.15, -0.1) is 0 Å². The van der Waals surface area contributed by atoms with Crippen LogP contribution in [0.25, 0.3) is 22.2 Å². The molecule has 2 heterocycles. The molecule has 4 rings (SSSR count). The number of anilines is 2. The summed E-state index contributed by atoms with van der Waals surface area (Å²) >= 11 is 0. The summed E-state index contributed by atoms with van der Waals surface area (Å²) in [6.07, 6.45) is 1.31. The Morgan fingerprint density at radius 3 is 2.72 bits per heavy atom. The van der Waals surface area contributed by atoms with Gasteiger partial charge < -0.3 is 16.0 Å². The van der Waals surface area contributed by atoms with Crippen LogP contribution < -0.4 is 16.5 Å². The molecule has 0 fully saturated rings. The van der Waals surface area contributed by atoms with Gasteiger partial charge in [0, 0.05) is 17.5 Å². The number of aromatic nitrogens is 3. The first-order chi connectivity index (χ1) is 14.1. The van der Waals surface area contributed by atoms with Gasteiger partial charge in [0.1, 0.15) is 23.3 Å². The molecule has 0 bridgehead atoms. The average molecular weight is 386 g/mol. The molecule has 0 aliphatic carbocycles. The molecule has 2 aromatic heterocycles. The van der Waals surface area contributed by atoms with Crippen molar-refractivity contribution in [3.63, 3.8) is 0 Å². The summed E-state index contributed by atoms with van der Waals surface area (Å²) in [7, 11) is 0. The number of halogens is 1. The van der Waals surface area contributed by atoms with Crippen molar-refractivity contribution in [1.82, 2.24) is 15.0 Å².